The molecule has 4 rings (SSSR count). The second-order valence-electron chi connectivity index (χ2n) is 7.41. The van der Waals surface area contributed by atoms with Crippen molar-refractivity contribution in [3.05, 3.63) is 76.4 Å². The first-order valence-corrected chi connectivity index (χ1v) is 10.7. The lowest BCUT2D eigenvalue weighted by Gasteiger charge is -2.34. The van der Waals surface area contributed by atoms with E-state index < -0.39 is 0 Å². The molecule has 1 unspecified atom stereocenters. The number of rotatable bonds is 5. The summed E-state index contributed by atoms with van der Waals surface area (Å²) in [6, 6.07) is 15.4. The highest BCUT2D eigenvalue weighted by atomic mass is 32.1. The van der Waals surface area contributed by atoms with Gasteiger partial charge in [0.1, 0.15) is 5.76 Å². The Labute approximate surface area is 174 Å². The van der Waals surface area contributed by atoms with Crippen molar-refractivity contribution < 1.29 is 14.0 Å². The number of furan rings is 1. The summed E-state index contributed by atoms with van der Waals surface area (Å²) in [4.78, 5) is 30.6. The largest absolute Gasteiger partial charge is 0.467 e. The Hall–Kier alpha value is -2.86. The average Bonchev–Trinajstić information content (AvgIpc) is 3.46. The van der Waals surface area contributed by atoms with Crippen LogP contribution in [0.15, 0.2) is 64.6 Å². The van der Waals surface area contributed by atoms with E-state index in [-0.39, 0.29) is 17.7 Å². The molecule has 0 aliphatic carbocycles. The standard InChI is InChI=1S/C23H24N2O3S/c1-17-8-10-19(11-9-17)25(16-20-6-3-13-28-20)22(26)18-5-2-12-24(15-18)23(27)21-7-4-14-29-21/h3-4,6-11,13-14,18H,2,5,12,15-16H2,1H3. The van der Waals surface area contributed by atoms with Crippen molar-refractivity contribution in [2.24, 2.45) is 5.92 Å². The molecule has 1 fully saturated rings. The summed E-state index contributed by atoms with van der Waals surface area (Å²) in [5, 5.41) is 1.91. The van der Waals surface area contributed by atoms with Gasteiger partial charge in [-0.05, 0) is 55.5 Å². The molecular formula is C23H24N2O3S. The van der Waals surface area contributed by atoms with Crippen molar-refractivity contribution in [2.75, 3.05) is 18.0 Å². The van der Waals surface area contributed by atoms with Crippen LogP contribution >= 0.6 is 11.3 Å². The second-order valence-corrected chi connectivity index (χ2v) is 8.35. The van der Waals surface area contributed by atoms with Gasteiger partial charge in [-0.1, -0.05) is 23.8 Å². The highest BCUT2D eigenvalue weighted by molar-refractivity contribution is 7.12. The van der Waals surface area contributed by atoms with E-state index in [1.807, 2.05) is 65.7 Å². The van der Waals surface area contributed by atoms with Crippen molar-refractivity contribution >= 4 is 28.8 Å². The van der Waals surface area contributed by atoms with E-state index in [2.05, 4.69) is 0 Å². The number of hydrogen-bond donors (Lipinski definition) is 0. The zero-order valence-corrected chi connectivity index (χ0v) is 17.2. The minimum atomic E-state index is -0.219. The summed E-state index contributed by atoms with van der Waals surface area (Å²) in [6.07, 6.45) is 3.23. The van der Waals surface area contributed by atoms with Gasteiger partial charge in [-0.15, -0.1) is 11.3 Å². The molecule has 2 amide bonds. The molecule has 1 saturated heterocycles. The first-order valence-electron chi connectivity index (χ1n) is 9.85. The van der Waals surface area contributed by atoms with Gasteiger partial charge in [0.05, 0.1) is 23.6 Å². The molecule has 2 aromatic heterocycles. The van der Waals surface area contributed by atoms with Crippen LogP contribution in [0.25, 0.3) is 0 Å². The van der Waals surface area contributed by atoms with Crippen LogP contribution in [0.3, 0.4) is 0 Å². The van der Waals surface area contributed by atoms with Crippen molar-refractivity contribution in [2.45, 2.75) is 26.3 Å². The van der Waals surface area contributed by atoms with E-state index in [9.17, 15) is 9.59 Å². The van der Waals surface area contributed by atoms with Crippen molar-refractivity contribution in [1.29, 1.82) is 0 Å². The van der Waals surface area contributed by atoms with Gasteiger partial charge in [-0.2, -0.15) is 0 Å². The van der Waals surface area contributed by atoms with Crippen LogP contribution in [-0.4, -0.2) is 29.8 Å². The molecule has 0 saturated carbocycles. The maximum Gasteiger partial charge on any atom is 0.263 e. The van der Waals surface area contributed by atoms with E-state index >= 15 is 0 Å². The third-order valence-electron chi connectivity index (χ3n) is 5.30. The Kier molecular flexibility index (Phi) is 5.81. The van der Waals surface area contributed by atoms with Gasteiger partial charge < -0.3 is 14.2 Å². The first kappa shape index (κ1) is 19.5. The highest BCUT2D eigenvalue weighted by Crippen LogP contribution is 2.26. The molecule has 6 heteroatoms. The number of carbonyl (C=O) groups is 2. The number of likely N-dealkylation sites (tertiary alicyclic amines) is 1. The maximum absolute atomic E-state index is 13.5. The Morgan fingerprint density at radius 2 is 2.00 bits per heavy atom. The molecule has 3 heterocycles. The van der Waals surface area contributed by atoms with Gasteiger partial charge in [0.25, 0.3) is 5.91 Å². The van der Waals surface area contributed by atoms with Gasteiger partial charge in [0, 0.05) is 18.8 Å². The van der Waals surface area contributed by atoms with Crippen LogP contribution in [0.4, 0.5) is 5.69 Å². The first-order chi connectivity index (χ1) is 14.1. The Morgan fingerprint density at radius 3 is 2.69 bits per heavy atom. The summed E-state index contributed by atoms with van der Waals surface area (Å²) in [7, 11) is 0. The molecule has 1 aliphatic rings. The minimum Gasteiger partial charge on any atom is -0.467 e. The molecule has 0 spiro atoms. The number of nitrogens with zero attached hydrogens (tertiary/aromatic N) is 2. The van der Waals surface area contributed by atoms with Crippen LogP contribution in [0.5, 0.6) is 0 Å². The zero-order chi connectivity index (χ0) is 20.2. The third kappa shape index (κ3) is 4.43. The monoisotopic (exact) mass is 408 g/mol. The molecule has 3 aromatic rings. The Morgan fingerprint density at radius 1 is 1.17 bits per heavy atom. The van der Waals surface area contributed by atoms with E-state index in [4.69, 9.17) is 4.42 Å². The van der Waals surface area contributed by atoms with Crippen LogP contribution in [-0.2, 0) is 11.3 Å². The molecule has 0 bridgehead atoms. The molecule has 5 nitrogen and oxygen atoms in total. The van der Waals surface area contributed by atoms with Gasteiger partial charge in [-0.3, -0.25) is 9.59 Å². The molecular weight excluding hydrogens is 384 g/mol. The maximum atomic E-state index is 13.5. The number of benzene rings is 1. The van der Waals surface area contributed by atoms with Crippen molar-refractivity contribution in [3.8, 4) is 0 Å². The van der Waals surface area contributed by atoms with Crippen molar-refractivity contribution in [3.63, 3.8) is 0 Å². The molecule has 29 heavy (non-hydrogen) atoms. The Bertz CT molecular complexity index is 949. The van der Waals surface area contributed by atoms with E-state index in [1.165, 1.54) is 11.3 Å². The molecule has 1 aromatic carbocycles. The summed E-state index contributed by atoms with van der Waals surface area (Å²) in [5.41, 5.74) is 1.99. The fraction of sp³-hybridized carbons (Fsp3) is 0.304. The summed E-state index contributed by atoms with van der Waals surface area (Å²) in [6.45, 7) is 3.56. The minimum absolute atomic E-state index is 0.0189. The van der Waals surface area contributed by atoms with E-state index in [1.54, 1.807) is 11.2 Å². The summed E-state index contributed by atoms with van der Waals surface area (Å²) < 4.78 is 5.50. The van der Waals surface area contributed by atoms with Gasteiger partial charge in [0.2, 0.25) is 5.91 Å². The number of thiophene rings is 1. The molecule has 0 N–H and O–H groups in total. The third-order valence-corrected chi connectivity index (χ3v) is 6.15. The normalized spacial score (nSPS) is 16.6. The Balaban J connectivity index is 1.54. The molecule has 1 aliphatic heterocycles. The van der Waals surface area contributed by atoms with Gasteiger partial charge in [0.15, 0.2) is 0 Å². The number of hydrogen-bond acceptors (Lipinski definition) is 4. The van der Waals surface area contributed by atoms with Crippen molar-refractivity contribution in [1.82, 2.24) is 4.90 Å². The predicted molar refractivity (Wildman–Crippen MR) is 114 cm³/mol. The summed E-state index contributed by atoms with van der Waals surface area (Å²) in [5.74, 6) is 0.574. The number of amides is 2. The van der Waals surface area contributed by atoms with Crippen LogP contribution in [0, 0.1) is 12.8 Å². The van der Waals surface area contributed by atoms with Crippen LogP contribution in [0.1, 0.15) is 33.8 Å². The van der Waals surface area contributed by atoms with Crippen LogP contribution in [0.2, 0.25) is 0 Å². The van der Waals surface area contributed by atoms with Gasteiger partial charge in [-0.25, -0.2) is 0 Å². The average molecular weight is 409 g/mol. The number of piperidine rings is 1. The quantitative estimate of drug-likeness (QED) is 0.613. The lowest BCUT2D eigenvalue weighted by Crippen LogP contribution is -2.46. The number of aryl methyl sites for hydroxylation is 1. The van der Waals surface area contributed by atoms with E-state index in [0.717, 1.165) is 34.7 Å². The SMILES string of the molecule is Cc1ccc(N(Cc2ccco2)C(=O)C2CCCN(C(=O)c3cccs3)C2)cc1. The molecule has 0 radical (unpaired) electrons. The van der Waals surface area contributed by atoms with Crippen LogP contribution < -0.4 is 4.90 Å². The molecule has 1 atom stereocenters. The van der Waals surface area contributed by atoms with Gasteiger partial charge >= 0.3 is 0 Å². The fourth-order valence-corrected chi connectivity index (χ4v) is 4.41. The lowest BCUT2D eigenvalue weighted by molar-refractivity contribution is -0.123. The van der Waals surface area contributed by atoms with E-state index in [0.29, 0.717) is 19.6 Å². The second kappa shape index (κ2) is 8.66. The molecule has 150 valence electrons. The summed E-state index contributed by atoms with van der Waals surface area (Å²) >= 11 is 1.44. The highest BCUT2D eigenvalue weighted by Gasteiger charge is 2.32. The topological polar surface area (TPSA) is 53.8 Å². The smallest absolute Gasteiger partial charge is 0.263 e. The lowest BCUT2D eigenvalue weighted by atomic mass is 9.95. The number of anilines is 1. The fourth-order valence-electron chi connectivity index (χ4n) is 3.72. The zero-order valence-electron chi connectivity index (χ0n) is 16.4. The predicted octanol–water partition coefficient (Wildman–Crippen LogP) is 4.74. The number of carbonyl (C=O) groups excluding carboxylic acids is 2.